The third kappa shape index (κ3) is 0.956. The first-order valence-corrected chi connectivity index (χ1v) is 3.89. The molecule has 3 atom stereocenters. The lowest BCUT2D eigenvalue weighted by atomic mass is 9.85. The maximum absolute atomic E-state index is 11.1. The molecule has 2 rings (SSSR count). The van der Waals surface area contributed by atoms with E-state index in [2.05, 4.69) is 5.32 Å². The van der Waals surface area contributed by atoms with E-state index in [1.807, 2.05) is 0 Å². The first kappa shape index (κ1) is 7.49. The molecule has 0 radical (unpaired) electrons. The van der Waals surface area contributed by atoms with Gasteiger partial charge in [-0.3, -0.25) is 14.9 Å². The molecule has 0 spiro atoms. The number of fused-ring (bicyclic) bond motifs is 1. The molecule has 1 saturated heterocycles. The van der Waals surface area contributed by atoms with Crippen LogP contribution in [-0.2, 0) is 9.59 Å². The van der Waals surface area contributed by atoms with Crippen LogP contribution in [0.2, 0.25) is 0 Å². The molecule has 2 N–H and O–H groups in total. The summed E-state index contributed by atoms with van der Waals surface area (Å²) >= 11 is 0. The lowest BCUT2D eigenvalue weighted by Gasteiger charge is -2.19. The van der Waals surface area contributed by atoms with E-state index in [9.17, 15) is 14.7 Å². The fourth-order valence-corrected chi connectivity index (χ4v) is 1.71. The minimum Gasteiger partial charge on any atom is -0.389 e. The van der Waals surface area contributed by atoms with Gasteiger partial charge in [-0.1, -0.05) is 12.2 Å². The van der Waals surface area contributed by atoms with Crippen LogP contribution < -0.4 is 5.32 Å². The Morgan fingerprint density at radius 1 is 1.33 bits per heavy atom. The molecule has 0 aromatic heterocycles. The van der Waals surface area contributed by atoms with Gasteiger partial charge < -0.3 is 5.11 Å². The molecule has 0 aromatic carbocycles. The van der Waals surface area contributed by atoms with E-state index in [0.29, 0.717) is 6.42 Å². The molecule has 0 bridgehead atoms. The number of rotatable bonds is 0. The van der Waals surface area contributed by atoms with Gasteiger partial charge in [-0.2, -0.15) is 0 Å². The van der Waals surface area contributed by atoms with E-state index in [1.165, 1.54) is 0 Å². The molecule has 4 heteroatoms. The topological polar surface area (TPSA) is 66.4 Å². The molecule has 2 aliphatic rings. The van der Waals surface area contributed by atoms with Crippen molar-refractivity contribution in [3.8, 4) is 0 Å². The number of aliphatic hydroxyl groups excluding tert-OH is 1. The number of nitrogens with one attached hydrogen (secondary N) is 1. The molecule has 4 nitrogen and oxygen atoms in total. The minimum absolute atomic E-state index is 0.242. The van der Waals surface area contributed by atoms with Crippen LogP contribution in [0.1, 0.15) is 6.42 Å². The van der Waals surface area contributed by atoms with E-state index in [4.69, 9.17) is 0 Å². The van der Waals surface area contributed by atoms with Crippen LogP contribution in [-0.4, -0.2) is 23.0 Å². The second kappa shape index (κ2) is 2.42. The lowest BCUT2D eigenvalue weighted by molar-refractivity contribution is -0.126. The third-order valence-corrected chi connectivity index (χ3v) is 2.36. The fourth-order valence-electron chi connectivity index (χ4n) is 1.71. The average molecular weight is 167 g/mol. The molecule has 0 unspecified atom stereocenters. The van der Waals surface area contributed by atoms with Crippen molar-refractivity contribution in [2.75, 3.05) is 0 Å². The number of hydrogen-bond acceptors (Lipinski definition) is 3. The van der Waals surface area contributed by atoms with E-state index >= 15 is 0 Å². The third-order valence-electron chi connectivity index (χ3n) is 2.36. The van der Waals surface area contributed by atoms with Crippen LogP contribution in [0.3, 0.4) is 0 Å². The number of hydrogen-bond donors (Lipinski definition) is 2. The van der Waals surface area contributed by atoms with Crippen molar-refractivity contribution in [3.05, 3.63) is 12.2 Å². The van der Waals surface area contributed by atoms with Gasteiger partial charge in [-0.15, -0.1) is 0 Å². The quantitative estimate of drug-likeness (QED) is 0.366. The van der Waals surface area contributed by atoms with Gasteiger partial charge in [0, 0.05) is 0 Å². The molecular formula is C8H9NO3. The Morgan fingerprint density at radius 2 is 2.08 bits per heavy atom. The normalized spacial score (nSPS) is 39.6. The molecule has 64 valence electrons. The first-order valence-electron chi connectivity index (χ1n) is 3.89. The molecule has 1 aliphatic heterocycles. The lowest BCUT2D eigenvalue weighted by Crippen LogP contribution is -2.25. The second-order valence-corrected chi connectivity index (χ2v) is 3.17. The summed E-state index contributed by atoms with van der Waals surface area (Å²) in [5.41, 5.74) is 0. The van der Waals surface area contributed by atoms with E-state index in [1.54, 1.807) is 12.2 Å². The number of amides is 2. The number of imide groups is 1. The molecule has 1 fully saturated rings. The fraction of sp³-hybridized carbons (Fsp3) is 0.500. The second-order valence-electron chi connectivity index (χ2n) is 3.17. The summed E-state index contributed by atoms with van der Waals surface area (Å²) in [6, 6.07) is 0. The predicted octanol–water partition coefficient (Wildman–Crippen LogP) is -0.804. The largest absolute Gasteiger partial charge is 0.389 e. The zero-order chi connectivity index (χ0) is 8.72. The Kier molecular flexibility index (Phi) is 1.51. The SMILES string of the molecule is O=C1NC(=O)[C@@H]2C[C@@H](O)C=C[C@H]12. The molecule has 1 heterocycles. The van der Waals surface area contributed by atoms with Gasteiger partial charge in [0.1, 0.15) is 0 Å². The summed E-state index contributed by atoms with van der Waals surface area (Å²) in [7, 11) is 0. The highest BCUT2D eigenvalue weighted by Gasteiger charge is 2.42. The summed E-state index contributed by atoms with van der Waals surface area (Å²) in [6.45, 7) is 0. The molecule has 2 amide bonds. The van der Waals surface area contributed by atoms with Crippen LogP contribution in [0.4, 0.5) is 0 Å². The predicted molar refractivity (Wildman–Crippen MR) is 39.9 cm³/mol. The van der Waals surface area contributed by atoms with E-state index in [-0.39, 0.29) is 23.7 Å². The number of carbonyl (C=O) groups is 2. The van der Waals surface area contributed by atoms with Crippen molar-refractivity contribution in [3.63, 3.8) is 0 Å². The van der Waals surface area contributed by atoms with Gasteiger partial charge in [0.25, 0.3) is 0 Å². The highest BCUT2D eigenvalue weighted by atomic mass is 16.3. The Bertz CT molecular complexity index is 271. The van der Waals surface area contributed by atoms with Crippen LogP contribution in [0, 0.1) is 11.8 Å². The highest BCUT2D eigenvalue weighted by molar-refractivity contribution is 6.06. The zero-order valence-corrected chi connectivity index (χ0v) is 6.36. The summed E-state index contributed by atoms with van der Waals surface area (Å²) in [6.07, 6.45) is 2.96. The van der Waals surface area contributed by atoms with Gasteiger partial charge >= 0.3 is 0 Å². The molecule has 12 heavy (non-hydrogen) atoms. The van der Waals surface area contributed by atoms with Crippen LogP contribution in [0.15, 0.2) is 12.2 Å². The standard InChI is InChI=1S/C8H9NO3/c10-4-1-2-5-6(3-4)8(12)9-7(5)11/h1-2,4-6,10H,3H2,(H,9,11,12)/t4-,5-,6+/m0/s1. The number of carbonyl (C=O) groups excluding carboxylic acids is 2. The van der Waals surface area contributed by atoms with Crippen molar-refractivity contribution in [2.24, 2.45) is 11.8 Å². The van der Waals surface area contributed by atoms with Gasteiger partial charge in [-0.05, 0) is 6.42 Å². The summed E-state index contributed by atoms with van der Waals surface area (Å²) in [4.78, 5) is 22.1. The number of aliphatic hydroxyl groups is 1. The van der Waals surface area contributed by atoms with Gasteiger partial charge in [0.05, 0.1) is 17.9 Å². The Morgan fingerprint density at radius 3 is 2.83 bits per heavy atom. The van der Waals surface area contributed by atoms with Crippen molar-refractivity contribution < 1.29 is 14.7 Å². The van der Waals surface area contributed by atoms with Crippen molar-refractivity contribution in [1.82, 2.24) is 5.32 Å². The monoisotopic (exact) mass is 167 g/mol. The smallest absolute Gasteiger partial charge is 0.234 e. The highest BCUT2D eigenvalue weighted by Crippen LogP contribution is 2.29. The van der Waals surface area contributed by atoms with Gasteiger partial charge in [0.15, 0.2) is 0 Å². The maximum atomic E-state index is 11.1. The van der Waals surface area contributed by atoms with Gasteiger partial charge in [-0.25, -0.2) is 0 Å². The van der Waals surface area contributed by atoms with E-state index < -0.39 is 6.10 Å². The zero-order valence-electron chi connectivity index (χ0n) is 6.36. The van der Waals surface area contributed by atoms with Gasteiger partial charge in [0.2, 0.25) is 11.8 Å². The van der Waals surface area contributed by atoms with Crippen LogP contribution >= 0.6 is 0 Å². The minimum atomic E-state index is -0.581. The van der Waals surface area contributed by atoms with E-state index in [0.717, 1.165) is 0 Å². The summed E-state index contributed by atoms with van der Waals surface area (Å²) in [5, 5.41) is 11.4. The first-order chi connectivity index (χ1) is 5.68. The molecular weight excluding hydrogens is 158 g/mol. The maximum Gasteiger partial charge on any atom is 0.234 e. The Hall–Kier alpha value is -1.16. The Labute approximate surface area is 69.3 Å². The van der Waals surface area contributed by atoms with Crippen LogP contribution in [0.5, 0.6) is 0 Å². The molecule has 1 aliphatic carbocycles. The van der Waals surface area contributed by atoms with Crippen molar-refractivity contribution >= 4 is 11.8 Å². The summed E-state index contributed by atoms with van der Waals surface area (Å²) < 4.78 is 0. The molecule has 0 aromatic rings. The van der Waals surface area contributed by atoms with Crippen molar-refractivity contribution in [2.45, 2.75) is 12.5 Å². The average Bonchev–Trinajstić information content (AvgIpc) is 2.28. The van der Waals surface area contributed by atoms with Crippen molar-refractivity contribution in [1.29, 1.82) is 0 Å². The summed E-state index contributed by atoms with van der Waals surface area (Å²) in [5.74, 6) is -1.19. The Balaban J connectivity index is 2.29. The van der Waals surface area contributed by atoms with Crippen LogP contribution in [0.25, 0.3) is 0 Å². The molecule has 0 saturated carbocycles.